The number of hydrogen-bond donors (Lipinski definition) is 1. The van der Waals surface area contributed by atoms with Crippen molar-refractivity contribution in [2.45, 2.75) is 16.3 Å². The van der Waals surface area contributed by atoms with Gasteiger partial charge >= 0.3 is 0 Å². The molecule has 0 amide bonds. The van der Waals surface area contributed by atoms with Crippen molar-refractivity contribution in [3.05, 3.63) is 88.5 Å². The molecule has 4 rings (SSSR count). The summed E-state index contributed by atoms with van der Waals surface area (Å²) in [7, 11) is -3.56. The average Bonchev–Trinajstić information content (AvgIpc) is 2.88. The standard InChI is InChI=1S/C24H26N4O4S2/c1-33-21-8-10-22(11-9-21)34(31,32)27-15-13-26(14-16-27)20-7-12-24(28(29)30)23(17-20)25-18-19-5-3-2-4-6-19/h2-12,17,25H,13-16,18H2,1H3. The smallest absolute Gasteiger partial charge is 0.292 e. The zero-order chi connectivity index (χ0) is 24.1. The van der Waals surface area contributed by atoms with E-state index in [0.29, 0.717) is 43.3 Å². The Morgan fingerprint density at radius 2 is 1.65 bits per heavy atom. The van der Waals surface area contributed by atoms with E-state index in [9.17, 15) is 18.5 Å². The second kappa shape index (κ2) is 10.5. The molecule has 1 aliphatic heterocycles. The van der Waals surface area contributed by atoms with Crippen LogP contribution in [0.3, 0.4) is 0 Å². The normalized spacial score (nSPS) is 14.7. The number of nitrogens with zero attached hydrogens (tertiary/aromatic N) is 3. The van der Waals surface area contributed by atoms with Crippen molar-refractivity contribution in [1.82, 2.24) is 4.31 Å². The van der Waals surface area contributed by atoms with Crippen molar-refractivity contribution in [3.8, 4) is 0 Å². The Kier molecular flexibility index (Phi) is 7.40. The monoisotopic (exact) mass is 498 g/mol. The van der Waals surface area contributed by atoms with Crippen molar-refractivity contribution in [3.63, 3.8) is 0 Å². The van der Waals surface area contributed by atoms with Crippen molar-refractivity contribution >= 4 is 38.8 Å². The summed E-state index contributed by atoms with van der Waals surface area (Å²) in [4.78, 5) is 14.5. The SMILES string of the molecule is CSc1ccc(S(=O)(=O)N2CCN(c3ccc([N+](=O)[O-])c(NCc4ccccc4)c3)CC2)cc1. The van der Waals surface area contributed by atoms with E-state index >= 15 is 0 Å². The topological polar surface area (TPSA) is 95.8 Å². The predicted octanol–water partition coefficient (Wildman–Crippen LogP) is 4.44. The van der Waals surface area contributed by atoms with Crippen LogP contribution >= 0.6 is 11.8 Å². The minimum Gasteiger partial charge on any atom is -0.375 e. The van der Waals surface area contributed by atoms with E-state index in [1.807, 2.05) is 48.7 Å². The molecule has 1 fully saturated rings. The highest BCUT2D eigenvalue weighted by molar-refractivity contribution is 7.98. The first kappa shape index (κ1) is 24.1. The number of nitrogens with one attached hydrogen (secondary N) is 1. The van der Waals surface area contributed by atoms with Crippen LogP contribution in [0.1, 0.15) is 5.56 Å². The van der Waals surface area contributed by atoms with Gasteiger partial charge in [0.2, 0.25) is 10.0 Å². The number of benzene rings is 3. The van der Waals surface area contributed by atoms with Crippen LogP contribution in [0.5, 0.6) is 0 Å². The lowest BCUT2D eigenvalue weighted by molar-refractivity contribution is -0.384. The lowest BCUT2D eigenvalue weighted by atomic mass is 10.2. The molecular weight excluding hydrogens is 472 g/mol. The first-order valence-electron chi connectivity index (χ1n) is 10.8. The lowest BCUT2D eigenvalue weighted by Gasteiger charge is -2.35. The summed E-state index contributed by atoms with van der Waals surface area (Å²) < 4.78 is 27.6. The van der Waals surface area contributed by atoms with E-state index in [-0.39, 0.29) is 5.69 Å². The highest BCUT2D eigenvalue weighted by Crippen LogP contribution is 2.31. The summed E-state index contributed by atoms with van der Waals surface area (Å²) in [5.74, 6) is 0. The van der Waals surface area contributed by atoms with Crippen molar-refractivity contribution in [2.75, 3.05) is 42.7 Å². The molecule has 178 valence electrons. The Bertz CT molecular complexity index is 1240. The van der Waals surface area contributed by atoms with Gasteiger partial charge in [-0.3, -0.25) is 10.1 Å². The van der Waals surface area contributed by atoms with E-state index < -0.39 is 14.9 Å². The molecule has 0 radical (unpaired) electrons. The summed E-state index contributed by atoms with van der Waals surface area (Å²) >= 11 is 1.57. The number of piperazine rings is 1. The van der Waals surface area contributed by atoms with Crippen molar-refractivity contribution < 1.29 is 13.3 Å². The zero-order valence-electron chi connectivity index (χ0n) is 18.8. The minimum atomic E-state index is -3.56. The Hall–Kier alpha value is -3.08. The summed E-state index contributed by atoms with van der Waals surface area (Å²) in [5.41, 5.74) is 2.29. The Labute approximate surface area is 203 Å². The second-order valence-corrected chi connectivity index (χ2v) is 10.7. The summed E-state index contributed by atoms with van der Waals surface area (Å²) in [5, 5.41) is 14.7. The fourth-order valence-electron chi connectivity index (χ4n) is 3.90. The molecule has 10 heteroatoms. The maximum Gasteiger partial charge on any atom is 0.292 e. The molecule has 0 atom stereocenters. The molecule has 0 bridgehead atoms. The summed E-state index contributed by atoms with van der Waals surface area (Å²) in [6.07, 6.45) is 1.95. The number of nitro groups is 1. The van der Waals surface area contributed by atoms with Gasteiger partial charge in [-0.25, -0.2) is 8.42 Å². The third-order valence-electron chi connectivity index (χ3n) is 5.80. The average molecular weight is 499 g/mol. The Balaban J connectivity index is 1.46. The van der Waals surface area contributed by atoms with Gasteiger partial charge in [0.15, 0.2) is 0 Å². The van der Waals surface area contributed by atoms with E-state index in [1.54, 1.807) is 36.0 Å². The second-order valence-electron chi connectivity index (χ2n) is 7.86. The van der Waals surface area contributed by atoms with Gasteiger partial charge in [0.1, 0.15) is 5.69 Å². The van der Waals surface area contributed by atoms with E-state index in [0.717, 1.165) is 16.1 Å². The van der Waals surface area contributed by atoms with Gasteiger partial charge in [0.05, 0.1) is 9.82 Å². The van der Waals surface area contributed by atoms with Gasteiger partial charge in [-0.05, 0) is 48.2 Å². The van der Waals surface area contributed by atoms with Gasteiger partial charge in [-0.1, -0.05) is 30.3 Å². The van der Waals surface area contributed by atoms with E-state index in [2.05, 4.69) is 10.2 Å². The number of sulfonamides is 1. The number of thioether (sulfide) groups is 1. The lowest BCUT2D eigenvalue weighted by Crippen LogP contribution is -2.48. The third-order valence-corrected chi connectivity index (χ3v) is 8.46. The van der Waals surface area contributed by atoms with Crippen molar-refractivity contribution in [2.24, 2.45) is 0 Å². The molecule has 1 heterocycles. The van der Waals surface area contributed by atoms with Crippen LogP contribution in [-0.4, -0.2) is 50.1 Å². The molecule has 0 saturated carbocycles. The fraction of sp³-hybridized carbons (Fsp3) is 0.250. The number of anilines is 2. The molecule has 3 aromatic carbocycles. The maximum atomic E-state index is 13.0. The highest BCUT2D eigenvalue weighted by atomic mass is 32.2. The number of nitro benzene ring substituents is 1. The van der Waals surface area contributed by atoms with Crippen LogP contribution in [0.25, 0.3) is 0 Å². The third kappa shape index (κ3) is 5.35. The van der Waals surface area contributed by atoms with E-state index in [4.69, 9.17) is 0 Å². The van der Waals surface area contributed by atoms with Gasteiger partial charge in [0, 0.05) is 49.4 Å². The molecule has 34 heavy (non-hydrogen) atoms. The largest absolute Gasteiger partial charge is 0.375 e. The van der Waals surface area contributed by atoms with Crippen LogP contribution in [0.2, 0.25) is 0 Å². The highest BCUT2D eigenvalue weighted by Gasteiger charge is 2.29. The Morgan fingerprint density at radius 3 is 2.26 bits per heavy atom. The van der Waals surface area contributed by atoms with Crippen LogP contribution in [0.4, 0.5) is 17.1 Å². The summed E-state index contributed by atoms with van der Waals surface area (Å²) in [6, 6.07) is 21.6. The molecule has 8 nitrogen and oxygen atoms in total. The molecule has 1 N–H and O–H groups in total. The minimum absolute atomic E-state index is 0.00887. The van der Waals surface area contributed by atoms with Crippen molar-refractivity contribution in [1.29, 1.82) is 0 Å². The molecule has 0 unspecified atom stereocenters. The Morgan fingerprint density at radius 1 is 0.971 bits per heavy atom. The van der Waals surface area contributed by atoms with E-state index in [1.165, 1.54) is 10.4 Å². The molecule has 0 spiro atoms. The number of rotatable bonds is 8. The molecular formula is C24H26N4O4S2. The quantitative estimate of drug-likeness (QED) is 0.279. The zero-order valence-corrected chi connectivity index (χ0v) is 20.4. The maximum absolute atomic E-state index is 13.0. The first-order valence-corrected chi connectivity index (χ1v) is 13.5. The molecule has 0 aliphatic carbocycles. The molecule has 0 aromatic heterocycles. The molecule has 1 saturated heterocycles. The van der Waals surface area contributed by atoms with Gasteiger partial charge in [-0.15, -0.1) is 11.8 Å². The molecule has 1 aliphatic rings. The predicted molar refractivity (Wildman–Crippen MR) is 136 cm³/mol. The molecule has 3 aromatic rings. The van der Waals surface area contributed by atoms with Crippen LogP contribution in [0.15, 0.2) is 82.6 Å². The van der Waals surface area contributed by atoms with Gasteiger partial charge < -0.3 is 10.2 Å². The fourth-order valence-corrected chi connectivity index (χ4v) is 5.73. The van der Waals surface area contributed by atoms with Crippen LogP contribution < -0.4 is 10.2 Å². The van der Waals surface area contributed by atoms with Crippen LogP contribution in [-0.2, 0) is 16.6 Å². The summed E-state index contributed by atoms with van der Waals surface area (Å²) in [6.45, 7) is 2.15. The first-order chi connectivity index (χ1) is 16.4. The van der Waals surface area contributed by atoms with Gasteiger partial charge in [0.25, 0.3) is 5.69 Å². The van der Waals surface area contributed by atoms with Crippen LogP contribution in [0, 0.1) is 10.1 Å². The van der Waals surface area contributed by atoms with Gasteiger partial charge in [-0.2, -0.15) is 4.31 Å². The number of hydrogen-bond acceptors (Lipinski definition) is 7.